The highest BCUT2D eigenvalue weighted by atomic mass is 127. The highest BCUT2D eigenvalue weighted by Gasteiger charge is 2.24. The molecule has 120 valence electrons. The predicted molar refractivity (Wildman–Crippen MR) is 98.9 cm³/mol. The largest absolute Gasteiger partial charge is 0.370 e. The number of likely N-dealkylation sites (N-methyl/N-ethyl adjacent to an activating group) is 1. The Kier molecular flexibility index (Phi) is 11.6. The number of nitrogens with zero attached hydrogens (tertiary/aromatic N) is 2. The molecule has 0 aromatic rings. The number of nitrogens with one attached hydrogen (secondary N) is 1. The van der Waals surface area contributed by atoms with Gasteiger partial charge in [0.25, 0.3) is 0 Å². The van der Waals surface area contributed by atoms with Crippen LogP contribution in [0.15, 0.2) is 4.99 Å². The molecule has 0 bridgehead atoms. The van der Waals surface area contributed by atoms with Crippen molar-refractivity contribution in [2.24, 2.45) is 16.6 Å². The Balaban J connectivity index is 0.00000361. The molecule has 0 aliphatic heterocycles. The Hall–Kier alpha value is -0.0400. The van der Waals surface area contributed by atoms with Crippen LogP contribution in [0.5, 0.6) is 0 Å². The second-order valence-electron chi connectivity index (χ2n) is 5.94. The summed E-state index contributed by atoms with van der Waals surface area (Å²) in [5.74, 6) is 1.40. The minimum absolute atomic E-state index is 0. The second kappa shape index (κ2) is 11.6. The molecule has 1 atom stereocenters. The Bertz CT molecular complexity index is 263. The fourth-order valence-corrected chi connectivity index (χ4v) is 2.89. The van der Waals surface area contributed by atoms with Gasteiger partial charge >= 0.3 is 0 Å². The van der Waals surface area contributed by atoms with Crippen LogP contribution in [0.2, 0.25) is 0 Å². The first-order valence-electron chi connectivity index (χ1n) is 7.85. The van der Waals surface area contributed by atoms with E-state index in [9.17, 15) is 0 Å². The number of hydrogen-bond acceptors (Lipinski definition) is 2. The highest BCUT2D eigenvalue weighted by Crippen LogP contribution is 2.28. The third kappa shape index (κ3) is 7.67. The van der Waals surface area contributed by atoms with Gasteiger partial charge in [0.05, 0.1) is 6.54 Å². The Morgan fingerprint density at radius 3 is 2.50 bits per heavy atom. The van der Waals surface area contributed by atoms with Crippen molar-refractivity contribution in [3.8, 4) is 0 Å². The van der Waals surface area contributed by atoms with E-state index >= 15 is 0 Å². The molecule has 0 amide bonds. The topological polar surface area (TPSA) is 53.6 Å². The fourth-order valence-electron chi connectivity index (χ4n) is 2.89. The first kappa shape index (κ1) is 20.0. The molecule has 1 saturated carbocycles. The van der Waals surface area contributed by atoms with Crippen molar-refractivity contribution >= 4 is 29.9 Å². The molecule has 20 heavy (non-hydrogen) atoms. The lowest BCUT2D eigenvalue weighted by Crippen LogP contribution is -2.40. The smallest absolute Gasteiger partial charge is 0.188 e. The van der Waals surface area contributed by atoms with Crippen molar-refractivity contribution in [1.29, 1.82) is 0 Å². The maximum absolute atomic E-state index is 5.91. The number of halogens is 1. The lowest BCUT2D eigenvalue weighted by atomic mass is 9.83. The van der Waals surface area contributed by atoms with Gasteiger partial charge in [-0.1, -0.05) is 32.6 Å². The van der Waals surface area contributed by atoms with Crippen molar-refractivity contribution in [2.75, 3.05) is 27.2 Å². The molecule has 4 nitrogen and oxygen atoms in total. The van der Waals surface area contributed by atoms with E-state index in [2.05, 4.69) is 36.2 Å². The van der Waals surface area contributed by atoms with E-state index in [-0.39, 0.29) is 24.0 Å². The zero-order valence-corrected chi connectivity index (χ0v) is 15.7. The average Bonchev–Trinajstić information content (AvgIpc) is 2.40. The van der Waals surface area contributed by atoms with E-state index < -0.39 is 0 Å². The summed E-state index contributed by atoms with van der Waals surface area (Å²) in [6.45, 7) is 3.94. The number of hydrogen-bond donors (Lipinski definition) is 2. The Morgan fingerprint density at radius 2 is 1.95 bits per heavy atom. The minimum Gasteiger partial charge on any atom is -0.370 e. The quantitative estimate of drug-likeness (QED) is 0.301. The minimum atomic E-state index is 0. The number of aliphatic imine (C=N–C) groups is 1. The Labute approximate surface area is 142 Å². The van der Waals surface area contributed by atoms with Gasteiger partial charge in [0.2, 0.25) is 0 Å². The van der Waals surface area contributed by atoms with Gasteiger partial charge in [0.1, 0.15) is 0 Å². The summed E-state index contributed by atoms with van der Waals surface area (Å²) in [4.78, 5) is 6.85. The standard InChI is InChI=1S/C15H32N4.HI/c1-4-5-11-17-15(16)18-12-14(19(2)3)13-9-7-6-8-10-13;/h13-14H,4-12H2,1-3H3,(H3,16,17,18);1H. The van der Waals surface area contributed by atoms with Crippen LogP contribution in [0, 0.1) is 5.92 Å². The molecule has 1 fully saturated rings. The first-order valence-corrected chi connectivity index (χ1v) is 7.85. The van der Waals surface area contributed by atoms with Gasteiger partial charge in [-0.25, -0.2) is 0 Å². The van der Waals surface area contributed by atoms with Crippen LogP contribution in [0.25, 0.3) is 0 Å². The molecule has 1 aliphatic rings. The van der Waals surface area contributed by atoms with E-state index in [0.29, 0.717) is 12.0 Å². The first-order chi connectivity index (χ1) is 9.15. The van der Waals surface area contributed by atoms with Gasteiger partial charge in [-0.15, -0.1) is 24.0 Å². The highest BCUT2D eigenvalue weighted by molar-refractivity contribution is 14.0. The van der Waals surface area contributed by atoms with E-state index in [1.54, 1.807) is 0 Å². The molecule has 5 heteroatoms. The van der Waals surface area contributed by atoms with Gasteiger partial charge in [0.15, 0.2) is 5.96 Å². The zero-order chi connectivity index (χ0) is 14.1. The molecule has 0 spiro atoms. The summed E-state index contributed by atoms with van der Waals surface area (Å²) < 4.78 is 0. The molecular weight excluding hydrogens is 363 g/mol. The summed E-state index contributed by atoms with van der Waals surface area (Å²) in [5, 5.41) is 3.19. The number of unbranched alkanes of at least 4 members (excludes halogenated alkanes) is 1. The molecule has 0 aromatic heterocycles. The van der Waals surface area contributed by atoms with E-state index in [1.165, 1.54) is 38.5 Å². The van der Waals surface area contributed by atoms with Crippen molar-refractivity contribution in [3.05, 3.63) is 0 Å². The zero-order valence-electron chi connectivity index (χ0n) is 13.4. The SMILES string of the molecule is CCCCNC(N)=NCC(C1CCCCC1)N(C)C.I. The summed E-state index contributed by atoms with van der Waals surface area (Å²) in [6, 6.07) is 0.534. The van der Waals surface area contributed by atoms with Gasteiger partial charge in [-0.3, -0.25) is 4.99 Å². The molecule has 1 unspecified atom stereocenters. The van der Waals surface area contributed by atoms with Crippen LogP contribution in [0.4, 0.5) is 0 Å². The number of rotatable bonds is 7. The van der Waals surface area contributed by atoms with Crippen molar-refractivity contribution < 1.29 is 0 Å². The van der Waals surface area contributed by atoms with Crippen LogP contribution < -0.4 is 11.1 Å². The second-order valence-corrected chi connectivity index (χ2v) is 5.94. The maximum Gasteiger partial charge on any atom is 0.188 e. The Morgan fingerprint density at radius 1 is 1.30 bits per heavy atom. The summed E-state index contributed by atoms with van der Waals surface area (Å²) in [6.07, 6.45) is 9.19. The lowest BCUT2D eigenvalue weighted by molar-refractivity contribution is 0.176. The van der Waals surface area contributed by atoms with E-state index in [1.807, 2.05) is 0 Å². The van der Waals surface area contributed by atoms with Crippen molar-refractivity contribution in [1.82, 2.24) is 10.2 Å². The molecule has 0 radical (unpaired) electrons. The number of guanidine groups is 1. The molecule has 3 N–H and O–H groups in total. The molecule has 1 rings (SSSR count). The van der Waals surface area contributed by atoms with Crippen molar-refractivity contribution in [3.63, 3.8) is 0 Å². The van der Waals surface area contributed by atoms with Crippen molar-refractivity contribution in [2.45, 2.75) is 57.9 Å². The normalized spacial score (nSPS) is 18.7. The molecular formula is C15H33IN4. The van der Waals surface area contributed by atoms with E-state index in [0.717, 1.165) is 25.4 Å². The maximum atomic E-state index is 5.91. The van der Waals surface area contributed by atoms with Crippen LogP contribution in [0.1, 0.15) is 51.9 Å². The summed E-state index contributed by atoms with van der Waals surface area (Å²) in [5.41, 5.74) is 5.91. The summed E-state index contributed by atoms with van der Waals surface area (Å²) in [7, 11) is 4.32. The third-order valence-corrected chi connectivity index (χ3v) is 4.14. The van der Waals surface area contributed by atoms with Gasteiger partial charge in [-0.2, -0.15) is 0 Å². The van der Waals surface area contributed by atoms with E-state index in [4.69, 9.17) is 5.73 Å². The average molecular weight is 396 g/mol. The molecule has 0 saturated heterocycles. The molecule has 0 aromatic carbocycles. The van der Waals surface area contributed by atoms with Gasteiger partial charge in [-0.05, 0) is 39.3 Å². The van der Waals surface area contributed by atoms with Gasteiger partial charge in [0, 0.05) is 12.6 Å². The predicted octanol–water partition coefficient (Wildman–Crippen LogP) is 2.82. The fraction of sp³-hybridized carbons (Fsp3) is 0.933. The van der Waals surface area contributed by atoms with Crippen LogP contribution >= 0.6 is 24.0 Å². The molecule has 0 heterocycles. The van der Waals surface area contributed by atoms with Crippen LogP contribution in [-0.4, -0.2) is 44.1 Å². The lowest BCUT2D eigenvalue weighted by Gasteiger charge is -2.33. The summed E-state index contributed by atoms with van der Waals surface area (Å²) >= 11 is 0. The molecule has 1 aliphatic carbocycles. The van der Waals surface area contributed by atoms with Gasteiger partial charge < -0.3 is 16.0 Å². The monoisotopic (exact) mass is 396 g/mol. The number of nitrogens with two attached hydrogens (primary N) is 1. The van der Waals surface area contributed by atoms with Crippen LogP contribution in [0.3, 0.4) is 0 Å². The third-order valence-electron chi connectivity index (χ3n) is 4.14. The van der Waals surface area contributed by atoms with Crippen LogP contribution in [-0.2, 0) is 0 Å².